The van der Waals surface area contributed by atoms with Gasteiger partial charge in [0.05, 0.1) is 17.1 Å². The van der Waals surface area contributed by atoms with Gasteiger partial charge in [-0.3, -0.25) is 19.0 Å². The van der Waals surface area contributed by atoms with Gasteiger partial charge >= 0.3 is 5.97 Å². The van der Waals surface area contributed by atoms with Crippen LogP contribution in [0.4, 0.5) is 19.0 Å². The van der Waals surface area contributed by atoms with E-state index in [1.807, 2.05) is 0 Å². The number of aromatic nitrogens is 2. The number of primary amides is 1. The van der Waals surface area contributed by atoms with E-state index in [2.05, 4.69) is 4.98 Å². The maximum atomic E-state index is 15.4. The highest BCUT2D eigenvalue weighted by Crippen LogP contribution is 2.51. The van der Waals surface area contributed by atoms with Crippen LogP contribution in [-0.4, -0.2) is 68.6 Å². The molecule has 1 aromatic carbocycles. The first kappa shape index (κ1) is 27.1. The van der Waals surface area contributed by atoms with Crippen molar-refractivity contribution in [3.05, 3.63) is 63.7 Å². The summed E-state index contributed by atoms with van der Waals surface area (Å²) in [4.78, 5) is 56.4. The predicted molar refractivity (Wildman–Crippen MR) is 136 cm³/mol. The largest absolute Gasteiger partial charge is 0.477 e. The summed E-state index contributed by atoms with van der Waals surface area (Å²) in [5.41, 5.74) is 8.93. The molecular formula is C26H25F3N6O5. The summed E-state index contributed by atoms with van der Waals surface area (Å²) in [6.45, 7) is 3.49. The zero-order chi connectivity index (χ0) is 29.2. The van der Waals surface area contributed by atoms with Gasteiger partial charge in [-0.15, -0.1) is 0 Å². The molecule has 2 aliphatic rings. The molecule has 1 aliphatic carbocycles. The molecule has 2 fully saturated rings. The number of aromatic carboxylic acids is 1. The highest BCUT2D eigenvalue weighted by molar-refractivity contribution is 5.93. The van der Waals surface area contributed by atoms with Crippen LogP contribution in [0.1, 0.15) is 24.2 Å². The van der Waals surface area contributed by atoms with E-state index in [1.54, 1.807) is 4.90 Å². The Bertz CT molecular complexity index is 1630. The zero-order valence-corrected chi connectivity index (χ0v) is 21.3. The van der Waals surface area contributed by atoms with E-state index in [9.17, 15) is 33.1 Å². The summed E-state index contributed by atoms with van der Waals surface area (Å²) < 4.78 is 44.6. The van der Waals surface area contributed by atoms with Crippen molar-refractivity contribution in [1.29, 1.82) is 0 Å². The van der Waals surface area contributed by atoms with E-state index in [0.29, 0.717) is 6.07 Å². The first-order valence-corrected chi connectivity index (χ1v) is 12.4. The second-order valence-corrected chi connectivity index (χ2v) is 10.1. The number of carbonyl (C=O) groups is 3. The smallest absolute Gasteiger partial charge is 0.341 e. The Morgan fingerprint density at radius 3 is 2.30 bits per heavy atom. The Balaban J connectivity index is 1.54. The van der Waals surface area contributed by atoms with Crippen molar-refractivity contribution >= 4 is 34.6 Å². The first-order valence-electron chi connectivity index (χ1n) is 12.4. The highest BCUT2D eigenvalue weighted by atomic mass is 19.1. The van der Waals surface area contributed by atoms with Crippen LogP contribution in [0.3, 0.4) is 0 Å². The number of nitrogens with zero attached hydrogens (tertiary/aromatic N) is 4. The van der Waals surface area contributed by atoms with Gasteiger partial charge in [-0.2, -0.15) is 0 Å². The van der Waals surface area contributed by atoms with Crippen LogP contribution in [0.25, 0.3) is 16.7 Å². The number of rotatable bonds is 7. The molecule has 11 nitrogen and oxygen atoms in total. The average molecular weight is 559 g/mol. The van der Waals surface area contributed by atoms with Crippen LogP contribution < -0.4 is 21.8 Å². The van der Waals surface area contributed by atoms with Crippen molar-refractivity contribution in [2.24, 2.45) is 23.3 Å². The predicted octanol–water partition coefficient (Wildman–Crippen LogP) is 0.985. The summed E-state index contributed by atoms with van der Waals surface area (Å²) in [6, 6.07) is 1.31. The fourth-order valence-corrected chi connectivity index (χ4v) is 5.50. The average Bonchev–Trinajstić information content (AvgIpc) is 3.34. The van der Waals surface area contributed by atoms with Gasteiger partial charge in [0.1, 0.15) is 23.2 Å². The van der Waals surface area contributed by atoms with Gasteiger partial charge in [0, 0.05) is 43.2 Å². The molecule has 210 valence electrons. The Hall–Kier alpha value is -4.46. The second kappa shape index (κ2) is 9.62. The van der Waals surface area contributed by atoms with Gasteiger partial charge < -0.3 is 26.4 Å². The lowest BCUT2D eigenvalue weighted by atomic mass is 10.1. The van der Waals surface area contributed by atoms with E-state index < -0.39 is 63.7 Å². The molecule has 1 saturated heterocycles. The monoisotopic (exact) mass is 558 g/mol. The number of carboxylic acid groups (broad SMARTS) is 1. The standard InChI is InChI=1S/C26H25F3N6O5/c1-10(30)25(38)35(11(2)22(31)37)20-14-7-33(8-15(14)20)24-18(29)6-13-21(36)16(26(39)40)9-34(23(13)32-24)19-4-3-12(27)5-17(19)28/h3-6,9-11,14-15,20H,7-8,30H2,1-2H3,(H2,31,37)(H,39,40)/t10-,11-,14-,15+,20+/m0/s1. The highest BCUT2D eigenvalue weighted by Gasteiger charge is 2.61. The lowest BCUT2D eigenvalue weighted by Gasteiger charge is -2.32. The number of carbonyl (C=O) groups excluding carboxylic acids is 2. The molecule has 1 saturated carbocycles. The van der Waals surface area contributed by atoms with Crippen LogP contribution >= 0.6 is 0 Å². The number of nitrogens with two attached hydrogens (primary N) is 2. The number of pyridine rings is 2. The van der Waals surface area contributed by atoms with Gasteiger partial charge in [0.15, 0.2) is 17.3 Å². The Labute approximate surface area is 224 Å². The number of hydrogen-bond donors (Lipinski definition) is 3. The third-order valence-electron chi connectivity index (χ3n) is 7.56. The number of benzene rings is 1. The fraction of sp³-hybridized carbons (Fsp3) is 0.346. The van der Waals surface area contributed by atoms with Gasteiger partial charge in [-0.05, 0) is 32.0 Å². The molecule has 5 atom stereocenters. The van der Waals surface area contributed by atoms with Crippen molar-refractivity contribution in [1.82, 2.24) is 14.5 Å². The molecular weight excluding hydrogens is 533 g/mol. The fourth-order valence-electron chi connectivity index (χ4n) is 5.50. The summed E-state index contributed by atoms with van der Waals surface area (Å²) >= 11 is 0. The topological polar surface area (TPSA) is 165 Å². The number of amides is 2. The third-order valence-corrected chi connectivity index (χ3v) is 7.56. The molecule has 40 heavy (non-hydrogen) atoms. The van der Waals surface area contributed by atoms with Gasteiger partial charge in [0.2, 0.25) is 17.2 Å². The molecule has 5 rings (SSSR count). The van der Waals surface area contributed by atoms with Crippen molar-refractivity contribution in [2.75, 3.05) is 18.0 Å². The number of piperidine rings is 1. The van der Waals surface area contributed by atoms with Crippen LogP contribution in [0, 0.1) is 29.3 Å². The molecule has 0 spiro atoms. The molecule has 5 N–H and O–H groups in total. The molecule has 3 heterocycles. The normalized spacial score (nSPS) is 21.1. The van der Waals surface area contributed by atoms with E-state index in [0.717, 1.165) is 29.0 Å². The van der Waals surface area contributed by atoms with Crippen molar-refractivity contribution in [3.8, 4) is 5.69 Å². The maximum Gasteiger partial charge on any atom is 0.341 e. The van der Waals surface area contributed by atoms with E-state index in [-0.39, 0.29) is 48.1 Å². The third kappa shape index (κ3) is 4.33. The summed E-state index contributed by atoms with van der Waals surface area (Å²) in [7, 11) is 0. The summed E-state index contributed by atoms with van der Waals surface area (Å²) in [6.07, 6.45) is 0.859. The van der Waals surface area contributed by atoms with Crippen molar-refractivity contribution in [2.45, 2.75) is 32.0 Å². The minimum atomic E-state index is -1.62. The Kier molecular flexibility index (Phi) is 6.53. The quantitative estimate of drug-likeness (QED) is 0.386. The second-order valence-electron chi connectivity index (χ2n) is 10.1. The number of carboxylic acids is 1. The number of hydrogen-bond acceptors (Lipinski definition) is 7. The van der Waals surface area contributed by atoms with Crippen LogP contribution in [0.5, 0.6) is 0 Å². The number of fused-ring (bicyclic) bond motifs is 2. The molecule has 0 bridgehead atoms. The molecule has 14 heteroatoms. The molecule has 2 aromatic heterocycles. The molecule has 0 radical (unpaired) electrons. The summed E-state index contributed by atoms with van der Waals surface area (Å²) in [5, 5.41) is 9.10. The Morgan fingerprint density at radius 2 is 1.75 bits per heavy atom. The van der Waals surface area contributed by atoms with Gasteiger partial charge in [0.25, 0.3) is 0 Å². The molecule has 2 amide bonds. The molecule has 3 aromatic rings. The van der Waals surface area contributed by atoms with Crippen LogP contribution in [0.2, 0.25) is 0 Å². The van der Waals surface area contributed by atoms with E-state index in [4.69, 9.17) is 11.5 Å². The number of anilines is 1. The number of halogens is 3. The lowest BCUT2D eigenvalue weighted by Crippen LogP contribution is -2.54. The zero-order valence-electron chi connectivity index (χ0n) is 21.3. The van der Waals surface area contributed by atoms with E-state index in [1.165, 1.54) is 18.7 Å². The van der Waals surface area contributed by atoms with Crippen molar-refractivity contribution in [3.63, 3.8) is 0 Å². The maximum absolute atomic E-state index is 15.4. The van der Waals surface area contributed by atoms with Gasteiger partial charge in [-0.25, -0.2) is 22.9 Å². The van der Waals surface area contributed by atoms with E-state index >= 15 is 4.39 Å². The van der Waals surface area contributed by atoms with Crippen LogP contribution in [0.15, 0.2) is 35.3 Å². The minimum Gasteiger partial charge on any atom is -0.477 e. The SMILES string of the molecule is C[C@H](N)C(=O)N([C@H]1[C@@H]2CN(c3nc4c(cc3F)c(=O)c(C(=O)O)cn4-c3ccc(F)cc3F)C[C@@H]21)[C@@H](C)C(N)=O. The molecule has 0 unspecified atom stereocenters. The van der Waals surface area contributed by atoms with Crippen LogP contribution in [-0.2, 0) is 9.59 Å². The lowest BCUT2D eigenvalue weighted by molar-refractivity contribution is -0.140. The first-order chi connectivity index (χ1) is 18.8. The minimum absolute atomic E-state index is 0.146. The molecule has 1 aliphatic heterocycles. The van der Waals surface area contributed by atoms with Gasteiger partial charge in [-0.1, -0.05) is 0 Å². The Morgan fingerprint density at radius 1 is 1.10 bits per heavy atom. The summed E-state index contributed by atoms with van der Waals surface area (Å²) in [5.74, 6) is -6.05. The van der Waals surface area contributed by atoms with Crippen molar-refractivity contribution < 1.29 is 32.7 Å².